The first-order chi connectivity index (χ1) is 6.72. The zero-order valence-corrected chi connectivity index (χ0v) is 9.38. The SMILES string of the molecule is CCCC(Cl)CNc1ncc(C)cn1. The van der Waals surface area contributed by atoms with Gasteiger partial charge in [0.25, 0.3) is 0 Å². The molecule has 0 aliphatic carbocycles. The van der Waals surface area contributed by atoms with Gasteiger partial charge in [-0.2, -0.15) is 0 Å². The van der Waals surface area contributed by atoms with Crippen LogP contribution in [0.1, 0.15) is 25.3 Å². The van der Waals surface area contributed by atoms with Gasteiger partial charge in [0, 0.05) is 18.9 Å². The first-order valence-electron chi connectivity index (χ1n) is 4.89. The van der Waals surface area contributed by atoms with E-state index in [1.54, 1.807) is 12.4 Å². The van der Waals surface area contributed by atoms with Gasteiger partial charge in [-0.3, -0.25) is 0 Å². The van der Waals surface area contributed by atoms with Gasteiger partial charge < -0.3 is 5.32 Å². The van der Waals surface area contributed by atoms with Gasteiger partial charge in [0.05, 0.1) is 5.38 Å². The molecule has 1 atom stereocenters. The van der Waals surface area contributed by atoms with Gasteiger partial charge in [-0.1, -0.05) is 13.3 Å². The summed E-state index contributed by atoms with van der Waals surface area (Å²) in [6.07, 6.45) is 5.70. The summed E-state index contributed by atoms with van der Waals surface area (Å²) >= 11 is 6.04. The van der Waals surface area contributed by atoms with Gasteiger partial charge >= 0.3 is 0 Å². The van der Waals surface area contributed by atoms with Crippen molar-refractivity contribution in [2.75, 3.05) is 11.9 Å². The van der Waals surface area contributed by atoms with Crippen LogP contribution in [0.5, 0.6) is 0 Å². The molecule has 0 saturated heterocycles. The maximum absolute atomic E-state index is 6.04. The highest BCUT2D eigenvalue weighted by Crippen LogP contribution is 2.06. The van der Waals surface area contributed by atoms with Crippen molar-refractivity contribution in [2.45, 2.75) is 32.1 Å². The van der Waals surface area contributed by atoms with Crippen molar-refractivity contribution in [1.29, 1.82) is 0 Å². The topological polar surface area (TPSA) is 37.8 Å². The van der Waals surface area contributed by atoms with E-state index < -0.39 is 0 Å². The Morgan fingerprint density at radius 3 is 2.64 bits per heavy atom. The van der Waals surface area contributed by atoms with E-state index >= 15 is 0 Å². The van der Waals surface area contributed by atoms with Crippen LogP contribution in [0.15, 0.2) is 12.4 Å². The quantitative estimate of drug-likeness (QED) is 0.765. The van der Waals surface area contributed by atoms with Crippen LogP contribution in [0.4, 0.5) is 5.95 Å². The molecular weight excluding hydrogens is 198 g/mol. The molecule has 1 unspecified atom stereocenters. The molecule has 0 aromatic carbocycles. The maximum atomic E-state index is 6.04. The molecule has 1 aromatic rings. The van der Waals surface area contributed by atoms with Crippen LogP contribution >= 0.6 is 11.6 Å². The summed E-state index contributed by atoms with van der Waals surface area (Å²) < 4.78 is 0. The molecule has 14 heavy (non-hydrogen) atoms. The number of rotatable bonds is 5. The predicted octanol–water partition coefficient (Wildman–Crippen LogP) is 2.60. The lowest BCUT2D eigenvalue weighted by atomic mass is 10.2. The minimum absolute atomic E-state index is 0.157. The van der Waals surface area contributed by atoms with Crippen molar-refractivity contribution in [2.24, 2.45) is 0 Å². The van der Waals surface area contributed by atoms with Gasteiger partial charge in [-0.15, -0.1) is 11.6 Å². The van der Waals surface area contributed by atoms with Gasteiger partial charge in [0.2, 0.25) is 5.95 Å². The molecule has 3 nitrogen and oxygen atoms in total. The van der Waals surface area contributed by atoms with Gasteiger partial charge in [-0.25, -0.2) is 9.97 Å². The van der Waals surface area contributed by atoms with Crippen molar-refractivity contribution in [3.63, 3.8) is 0 Å². The van der Waals surface area contributed by atoms with Crippen LogP contribution in [0, 0.1) is 6.92 Å². The number of aromatic nitrogens is 2. The number of nitrogens with one attached hydrogen (secondary N) is 1. The normalized spacial score (nSPS) is 12.5. The fraction of sp³-hybridized carbons (Fsp3) is 0.600. The van der Waals surface area contributed by atoms with Crippen LogP contribution in [0.3, 0.4) is 0 Å². The summed E-state index contributed by atoms with van der Waals surface area (Å²) in [5.74, 6) is 0.650. The number of hydrogen-bond acceptors (Lipinski definition) is 3. The van der Waals surface area contributed by atoms with Crippen LogP contribution < -0.4 is 5.32 Å². The Hall–Kier alpha value is -0.830. The molecule has 0 aliphatic rings. The van der Waals surface area contributed by atoms with Crippen molar-refractivity contribution in [1.82, 2.24) is 9.97 Å². The van der Waals surface area contributed by atoms with E-state index in [-0.39, 0.29) is 5.38 Å². The minimum atomic E-state index is 0.157. The van der Waals surface area contributed by atoms with Crippen LogP contribution in [0.25, 0.3) is 0 Å². The third kappa shape index (κ3) is 3.92. The summed E-state index contributed by atoms with van der Waals surface area (Å²) in [7, 11) is 0. The predicted molar refractivity (Wildman–Crippen MR) is 59.8 cm³/mol. The largest absolute Gasteiger partial charge is 0.353 e. The third-order valence-corrected chi connectivity index (χ3v) is 2.24. The lowest BCUT2D eigenvalue weighted by molar-refractivity contribution is 0.748. The monoisotopic (exact) mass is 213 g/mol. The molecule has 0 amide bonds. The standard InChI is InChI=1S/C10H16ClN3/c1-3-4-9(11)7-14-10-12-5-8(2)6-13-10/h5-6,9H,3-4,7H2,1-2H3,(H,12,13,14). The van der Waals surface area contributed by atoms with Crippen LogP contribution in [0.2, 0.25) is 0 Å². The summed E-state index contributed by atoms with van der Waals surface area (Å²) in [6.45, 7) is 4.81. The van der Waals surface area contributed by atoms with E-state index in [4.69, 9.17) is 11.6 Å². The van der Waals surface area contributed by atoms with Gasteiger partial charge in [0.1, 0.15) is 0 Å². The molecule has 0 saturated carbocycles. The number of halogens is 1. The average molecular weight is 214 g/mol. The molecule has 0 radical (unpaired) electrons. The highest BCUT2D eigenvalue weighted by atomic mass is 35.5. The first-order valence-corrected chi connectivity index (χ1v) is 5.32. The Morgan fingerprint density at radius 1 is 1.43 bits per heavy atom. The molecule has 0 fully saturated rings. The summed E-state index contributed by atoms with van der Waals surface area (Å²) in [5.41, 5.74) is 1.06. The lowest BCUT2D eigenvalue weighted by Crippen LogP contribution is -2.15. The second-order valence-corrected chi connectivity index (χ2v) is 3.97. The zero-order chi connectivity index (χ0) is 10.4. The van der Waals surface area contributed by atoms with Gasteiger partial charge in [-0.05, 0) is 18.9 Å². The van der Waals surface area contributed by atoms with Crippen molar-refractivity contribution < 1.29 is 0 Å². The summed E-state index contributed by atoms with van der Waals surface area (Å²) in [5, 5.41) is 3.26. The second-order valence-electron chi connectivity index (χ2n) is 3.35. The average Bonchev–Trinajstić information content (AvgIpc) is 2.17. The first kappa shape index (κ1) is 11.2. The Labute approximate surface area is 89.9 Å². The van der Waals surface area contributed by atoms with Crippen molar-refractivity contribution in [3.05, 3.63) is 18.0 Å². The fourth-order valence-corrected chi connectivity index (χ4v) is 1.40. The Kier molecular flexibility index (Phi) is 4.66. The third-order valence-electron chi connectivity index (χ3n) is 1.86. The Bertz CT molecular complexity index is 261. The minimum Gasteiger partial charge on any atom is -0.353 e. The van der Waals surface area contributed by atoms with Crippen molar-refractivity contribution >= 4 is 17.5 Å². The molecule has 1 heterocycles. The molecule has 0 aliphatic heterocycles. The van der Waals surface area contributed by atoms with E-state index in [2.05, 4.69) is 22.2 Å². The van der Waals surface area contributed by atoms with Crippen LogP contribution in [-0.2, 0) is 0 Å². The zero-order valence-electron chi connectivity index (χ0n) is 8.63. The number of aryl methyl sites for hydroxylation is 1. The number of anilines is 1. The molecule has 1 aromatic heterocycles. The fourth-order valence-electron chi connectivity index (χ4n) is 1.10. The number of nitrogens with zero attached hydrogens (tertiary/aromatic N) is 2. The Morgan fingerprint density at radius 2 is 2.07 bits per heavy atom. The molecule has 1 rings (SSSR count). The Balaban J connectivity index is 2.34. The van der Waals surface area contributed by atoms with E-state index in [9.17, 15) is 0 Å². The smallest absolute Gasteiger partial charge is 0.222 e. The highest BCUT2D eigenvalue weighted by molar-refractivity contribution is 6.20. The van der Waals surface area contributed by atoms with E-state index in [1.807, 2.05) is 6.92 Å². The van der Waals surface area contributed by atoms with Crippen LogP contribution in [-0.4, -0.2) is 21.9 Å². The molecular formula is C10H16ClN3. The highest BCUT2D eigenvalue weighted by Gasteiger charge is 2.03. The van der Waals surface area contributed by atoms with E-state index in [0.29, 0.717) is 5.95 Å². The second kappa shape index (κ2) is 5.81. The summed E-state index contributed by atoms with van der Waals surface area (Å²) in [4.78, 5) is 8.26. The van der Waals surface area contributed by atoms with Crippen molar-refractivity contribution in [3.8, 4) is 0 Å². The molecule has 1 N–H and O–H groups in total. The van der Waals surface area contributed by atoms with E-state index in [0.717, 1.165) is 24.9 Å². The van der Waals surface area contributed by atoms with E-state index in [1.165, 1.54) is 0 Å². The summed E-state index contributed by atoms with van der Waals surface area (Å²) in [6, 6.07) is 0. The number of alkyl halides is 1. The number of hydrogen-bond donors (Lipinski definition) is 1. The molecule has 0 bridgehead atoms. The maximum Gasteiger partial charge on any atom is 0.222 e. The molecule has 4 heteroatoms. The van der Waals surface area contributed by atoms with Gasteiger partial charge in [0.15, 0.2) is 0 Å². The molecule has 78 valence electrons. The lowest BCUT2D eigenvalue weighted by Gasteiger charge is -2.09. The molecule has 0 spiro atoms.